The molecule has 0 spiro atoms. The molecule has 6 nitrogen and oxygen atoms in total. The van der Waals surface area contributed by atoms with Crippen molar-refractivity contribution < 1.29 is 0 Å². The lowest BCUT2D eigenvalue weighted by atomic mass is 10.2. The molecule has 4 aromatic rings. The van der Waals surface area contributed by atoms with Gasteiger partial charge in [-0.15, -0.1) is 5.10 Å². The SMILES string of the molecule is Cc1nc2nc(C)c3c(=O)n(-c4ccc(Br)cc4)ccc3n2n1. The molecule has 0 radical (unpaired) electrons. The van der Waals surface area contributed by atoms with Crippen molar-refractivity contribution in [3.8, 4) is 5.69 Å². The van der Waals surface area contributed by atoms with Crippen molar-refractivity contribution in [1.29, 1.82) is 0 Å². The van der Waals surface area contributed by atoms with Crippen LogP contribution in [-0.4, -0.2) is 24.1 Å². The molecule has 0 saturated carbocycles. The third kappa shape index (κ3) is 2.16. The van der Waals surface area contributed by atoms with E-state index in [1.54, 1.807) is 22.2 Å². The van der Waals surface area contributed by atoms with E-state index in [0.717, 1.165) is 10.2 Å². The maximum atomic E-state index is 12.9. The van der Waals surface area contributed by atoms with E-state index in [2.05, 4.69) is 31.0 Å². The summed E-state index contributed by atoms with van der Waals surface area (Å²) in [6.45, 7) is 3.62. The topological polar surface area (TPSA) is 65.1 Å². The van der Waals surface area contributed by atoms with Gasteiger partial charge in [0.05, 0.1) is 16.6 Å². The number of nitrogens with zero attached hydrogens (tertiary/aromatic N) is 5. The summed E-state index contributed by atoms with van der Waals surface area (Å²) in [5.74, 6) is 1.13. The van der Waals surface area contributed by atoms with E-state index in [1.165, 1.54) is 0 Å². The first-order valence-corrected chi connectivity index (χ1v) is 7.85. The normalized spacial score (nSPS) is 11.4. The van der Waals surface area contributed by atoms with Crippen LogP contribution in [-0.2, 0) is 0 Å². The number of hydrogen-bond donors (Lipinski definition) is 0. The molecular formula is C16H12BrN5O. The summed E-state index contributed by atoms with van der Waals surface area (Å²) < 4.78 is 4.19. The third-order valence-electron chi connectivity index (χ3n) is 3.73. The highest BCUT2D eigenvalue weighted by Gasteiger charge is 2.13. The Balaban J connectivity index is 2.09. The zero-order valence-corrected chi connectivity index (χ0v) is 14.1. The van der Waals surface area contributed by atoms with Gasteiger partial charge in [-0.3, -0.25) is 9.36 Å². The van der Waals surface area contributed by atoms with Crippen molar-refractivity contribution in [1.82, 2.24) is 24.1 Å². The van der Waals surface area contributed by atoms with Crippen LogP contribution in [0.3, 0.4) is 0 Å². The van der Waals surface area contributed by atoms with Gasteiger partial charge in [-0.1, -0.05) is 15.9 Å². The standard InChI is InChI=1S/C16H12BrN5O/c1-9-14-13(22-16(18-9)19-10(2)20-22)7-8-21(15(14)23)12-5-3-11(17)4-6-12/h3-8H,1-2H3. The molecule has 4 rings (SSSR count). The number of aryl methyl sites for hydroxylation is 2. The first kappa shape index (κ1) is 14.1. The van der Waals surface area contributed by atoms with Crippen molar-refractivity contribution in [2.45, 2.75) is 13.8 Å². The van der Waals surface area contributed by atoms with E-state index >= 15 is 0 Å². The van der Waals surface area contributed by atoms with Crippen LogP contribution >= 0.6 is 15.9 Å². The third-order valence-corrected chi connectivity index (χ3v) is 4.26. The van der Waals surface area contributed by atoms with E-state index in [0.29, 0.717) is 28.2 Å². The van der Waals surface area contributed by atoms with Crippen LogP contribution in [0.4, 0.5) is 0 Å². The lowest BCUT2D eigenvalue weighted by Crippen LogP contribution is -2.20. The average Bonchev–Trinajstić information content (AvgIpc) is 2.89. The molecule has 0 fully saturated rings. The number of hydrogen-bond acceptors (Lipinski definition) is 4. The van der Waals surface area contributed by atoms with Crippen molar-refractivity contribution in [3.63, 3.8) is 0 Å². The quantitative estimate of drug-likeness (QED) is 0.517. The summed E-state index contributed by atoms with van der Waals surface area (Å²) >= 11 is 3.40. The Kier molecular flexibility index (Phi) is 3.05. The first-order valence-electron chi connectivity index (χ1n) is 7.06. The fraction of sp³-hybridized carbons (Fsp3) is 0.125. The summed E-state index contributed by atoms with van der Waals surface area (Å²) in [5.41, 5.74) is 2.04. The summed E-state index contributed by atoms with van der Waals surface area (Å²) in [6, 6.07) is 9.45. The molecule has 3 heterocycles. The Morgan fingerprint density at radius 3 is 2.52 bits per heavy atom. The Morgan fingerprint density at radius 2 is 1.78 bits per heavy atom. The molecular weight excluding hydrogens is 358 g/mol. The summed E-state index contributed by atoms with van der Waals surface area (Å²) in [5, 5.41) is 4.88. The molecule has 0 aliphatic rings. The predicted octanol–water partition coefficient (Wildman–Crippen LogP) is 2.81. The summed E-state index contributed by atoms with van der Waals surface area (Å²) in [4.78, 5) is 21.6. The second-order valence-corrected chi connectivity index (χ2v) is 6.21. The number of fused-ring (bicyclic) bond motifs is 3. The van der Waals surface area contributed by atoms with Crippen molar-refractivity contribution in [2.24, 2.45) is 0 Å². The van der Waals surface area contributed by atoms with Gasteiger partial charge in [-0.05, 0) is 44.2 Å². The van der Waals surface area contributed by atoms with Crippen molar-refractivity contribution >= 4 is 32.6 Å². The molecule has 0 bridgehead atoms. The second-order valence-electron chi connectivity index (χ2n) is 5.30. The smallest absolute Gasteiger partial charge is 0.266 e. The van der Waals surface area contributed by atoms with E-state index in [1.807, 2.05) is 37.3 Å². The lowest BCUT2D eigenvalue weighted by molar-refractivity contribution is 0.933. The molecule has 0 saturated heterocycles. The lowest BCUT2D eigenvalue weighted by Gasteiger charge is -2.09. The number of rotatable bonds is 1. The summed E-state index contributed by atoms with van der Waals surface area (Å²) in [7, 11) is 0. The van der Waals surface area contributed by atoms with Gasteiger partial charge in [0.15, 0.2) is 0 Å². The molecule has 0 atom stereocenters. The minimum atomic E-state index is -0.120. The van der Waals surface area contributed by atoms with E-state index in [4.69, 9.17) is 0 Å². The number of aromatic nitrogens is 5. The van der Waals surface area contributed by atoms with Crippen molar-refractivity contribution in [2.75, 3.05) is 0 Å². The highest BCUT2D eigenvalue weighted by atomic mass is 79.9. The van der Waals surface area contributed by atoms with Crippen LogP contribution in [0.15, 0.2) is 45.8 Å². The maximum absolute atomic E-state index is 12.9. The van der Waals surface area contributed by atoms with Crippen LogP contribution in [0.5, 0.6) is 0 Å². The molecule has 0 aliphatic heterocycles. The molecule has 3 aromatic heterocycles. The molecule has 0 unspecified atom stereocenters. The fourth-order valence-corrected chi connectivity index (χ4v) is 2.96. The number of pyridine rings is 1. The van der Waals surface area contributed by atoms with Crippen LogP contribution < -0.4 is 5.56 Å². The van der Waals surface area contributed by atoms with Gasteiger partial charge >= 0.3 is 0 Å². The Labute approximate surface area is 139 Å². The highest BCUT2D eigenvalue weighted by molar-refractivity contribution is 9.10. The Morgan fingerprint density at radius 1 is 1.04 bits per heavy atom. The van der Waals surface area contributed by atoms with Gasteiger partial charge in [0.25, 0.3) is 11.3 Å². The van der Waals surface area contributed by atoms with E-state index in [-0.39, 0.29) is 5.56 Å². The van der Waals surface area contributed by atoms with Crippen LogP contribution in [0, 0.1) is 13.8 Å². The van der Waals surface area contributed by atoms with Gasteiger partial charge in [0.2, 0.25) is 0 Å². The van der Waals surface area contributed by atoms with Gasteiger partial charge < -0.3 is 0 Å². The average molecular weight is 370 g/mol. The zero-order chi connectivity index (χ0) is 16.1. The van der Waals surface area contributed by atoms with Gasteiger partial charge in [-0.2, -0.15) is 9.50 Å². The van der Waals surface area contributed by atoms with E-state index in [9.17, 15) is 4.79 Å². The molecule has 0 aliphatic carbocycles. The Hall–Kier alpha value is -2.54. The van der Waals surface area contributed by atoms with Gasteiger partial charge in [0.1, 0.15) is 5.82 Å². The summed E-state index contributed by atoms with van der Waals surface area (Å²) in [6.07, 6.45) is 1.75. The minimum Gasteiger partial charge on any atom is -0.284 e. The number of benzene rings is 1. The highest BCUT2D eigenvalue weighted by Crippen LogP contribution is 2.17. The van der Waals surface area contributed by atoms with Gasteiger partial charge in [0, 0.05) is 16.4 Å². The first-order chi connectivity index (χ1) is 11.0. The molecule has 23 heavy (non-hydrogen) atoms. The maximum Gasteiger partial charge on any atom is 0.266 e. The second kappa shape index (κ2) is 4.99. The van der Waals surface area contributed by atoms with Crippen molar-refractivity contribution in [3.05, 3.63) is 62.9 Å². The predicted molar refractivity (Wildman–Crippen MR) is 91.1 cm³/mol. The molecule has 0 amide bonds. The monoisotopic (exact) mass is 369 g/mol. The van der Waals surface area contributed by atoms with Crippen LogP contribution in [0.25, 0.3) is 22.4 Å². The largest absolute Gasteiger partial charge is 0.284 e. The number of halogens is 1. The molecule has 0 N–H and O–H groups in total. The Bertz CT molecular complexity index is 1110. The van der Waals surface area contributed by atoms with Crippen LogP contribution in [0.1, 0.15) is 11.5 Å². The van der Waals surface area contributed by atoms with E-state index < -0.39 is 0 Å². The minimum absolute atomic E-state index is 0.120. The van der Waals surface area contributed by atoms with Gasteiger partial charge in [-0.25, -0.2) is 4.98 Å². The molecule has 7 heteroatoms. The van der Waals surface area contributed by atoms with Crippen LogP contribution in [0.2, 0.25) is 0 Å². The zero-order valence-electron chi connectivity index (χ0n) is 12.5. The fourth-order valence-electron chi connectivity index (χ4n) is 2.69. The molecule has 1 aromatic carbocycles. The molecule has 114 valence electrons.